The summed E-state index contributed by atoms with van der Waals surface area (Å²) in [7, 11) is 1.53. The van der Waals surface area contributed by atoms with Gasteiger partial charge in [0.15, 0.2) is 0 Å². The van der Waals surface area contributed by atoms with Crippen molar-refractivity contribution in [3.05, 3.63) is 12.3 Å². The van der Waals surface area contributed by atoms with Crippen molar-refractivity contribution in [2.24, 2.45) is 0 Å². The summed E-state index contributed by atoms with van der Waals surface area (Å²) >= 11 is 0. The van der Waals surface area contributed by atoms with Gasteiger partial charge in [-0.2, -0.15) is 4.98 Å². The molecule has 1 heterocycles. The summed E-state index contributed by atoms with van der Waals surface area (Å²) < 4.78 is 5.02. The van der Waals surface area contributed by atoms with Crippen molar-refractivity contribution in [3.8, 4) is 5.88 Å². The van der Waals surface area contributed by atoms with Crippen molar-refractivity contribution in [2.75, 3.05) is 18.6 Å². The Morgan fingerprint density at radius 2 is 2.29 bits per heavy atom. The highest BCUT2D eigenvalue weighted by Crippen LogP contribution is 2.15. The molecule has 1 N–H and O–H groups in total. The van der Waals surface area contributed by atoms with Crippen LogP contribution in [0.4, 0.5) is 5.95 Å². The Hall–Kier alpha value is -1.85. The van der Waals surface area contributed by atoms with Crippen LogP contribution in [0.25, 0.3) is 0 Å². The summed E-state index contributed by atoms with van der Waals surface area (Å²) in [4.78, 5) is 20.7. The van der Waals surface area contributed by atoms with E-state index in [9.17, 15) is 4.79 Å². The number of rotatable bonds is 6. The normalized spacial score (nSPS) is 10.4. The number of methoxy groups -OCH3 is 1. The Labute approximate surface area is 100 Å². The van der Waals surface area contributed by atoms with E-state index in [4.69, 9.17) is 9.84 Å². The topological polar surface area (TPSA) is 75.5 Å². The molecule has 1 aromatic rings. The Balaban J connectivity index is 2.84. The van der Waals surface area contributed by atoms with Gasteiger partial charge in [0.05, 0.1) is 13.5 Å². The first-order valence-electron chi connectivity index (χ1n) is 5.40. The minimum Gasteiger partial charge on any atom is -0.481 e. The summed E-state index contributed by atoms with van der Waals surface area (Å²) in [5.41, 5.74) is 0. The van der Waals surface area contributed by atoms with Crippen LogP contribution in [-0.2, 0) is 4.79 Å². The number of hydrogen-bond acceptors (Lipinski definition) is 5. The Morgan fingerprint density at radius 3 is 2.82 bits per heavy atom. The molecule has 17 heavy (non-hydrogen) atoms. The van der Waals surface area contributed by atoms with E-state index in [1.807, 2.05) is 18.7 Å². The van der Waals surface area contributed by atoms with E-state index in [0.717, 1.165) is 0 Å². The highest BCUT2D eigenvalue weighted by molar-refractivity contribution is 5.67. The van der Waals surface area contributed by atoms with Gasteiger partial charge in [0.2, 0.25) is 11.8 Å². The number of aromatic nitrogens is 2. The van der Waals surface area contributed by atoms with Crippen LogP contribution in [0.15, 0.2) is 12.3 Å². The average molecular weight is 239 g/mol. The van der Waals surface area contributed by atoms with E-state index in [0.29, 0.717) is 18.4 Å². The lowest BCUT2D eigenvalue weighted by molar-refractivity contribution is -0.136. The van der Waals surface area contributed by atoms with Gasteiger partial charge in [-0.1, -0.05) is 0 Å². The van der Waals surface area contributed by atoms with Crippen LogP contribution in [0.2, 0.25) is 0 Å². The zero-order valence-electron chi connectivity index (χ0n) is 10.3. The van der Waals surface area contributed by atoms with Crippen LogP contribution in [-0.4, -0.2) is 40.7 Å². The predicted molar refractivity (Wildman–Crippen MR) is 63.3 cm³/mol. The highest BCUT2D eigenvalue weighted by atomic mass is 16.5. The molecule has 0 spiro atoms. The predicted octanol–water partition coefficient (Wildman–Crippen LogP) is 1.17. The fraction of sp³-hybridized carbons (Fsp3) is 0.545. The first kappa shape index (κ1) is 13.2. The van der Waals surface area contributed by atoms with Crippen LogP contribution in [0, 0.1) is 0 Å². The molecule has 0 atom stereocenters. The van der Waals surface area contributed by atoms with Crippen LogP contribution in [0.1, 0.15) is 20.3 Å². The molecule has 0 saturated carbocycles. The van der Waals surface area contributed by atoms with Crippen LogP contribution >= 0.6 is 0 Å². The number of carbonyl (C=O) groups is 1. The molecule has 6 heteroatoms. The molecule has 94 valence electrons. The third-order valence-corrected chi connectivity index (χ3v) is 2.27. The van der Waals surface area contributed by atoms with Crippen molar-refractivity contribution >= 4 is 11.9 Å². The van der Waals surface area contributed by atoms with E-state index in [-0.39, 0.29) is 12.5 Å². The fourth-order valence-corrected chi connectivity index (χ4v) is 1.39. The lowest BCUT2D eigenvalue weighted by atomic mass is 10.3. The lowest BCUT2D eigenvalue weighted by Crippen LogP contribution is -2.34. The monoisotopic (exact) mass is 239 g/mol. The fourth-order valence-electron chi connectivity index (χ4n) is 1.39. The number of nitrogens with zero attached hydrogens (tertiary/aromatic N) is 3. The van der Waals surface area contributed by atoms with E-state index in [1.54, 1.807) is 12.3 Å². The van der Waals surface area contributed by atoms with Crippen LogP contribution < -0.4 is 9.64 Å². The maximum atomic E-state index is 10.6. The van der Waals surface area contributed by atoms with Gasteiger partial charge in [-0.15, -0.1) is 0 Å². The zero-order valence-corrected chi connectivity index (χ0v) is 10.3. The molecule has 0 unspecified atom stereocenters. The third-order valence-electron chi connectivity index (χ3n) is 2.27. The molecule has 0 aliphatic heterocycles. The molecule has 0 saturated heterocycles. The van der Waals surface area contributed by atoms with Gasteiger partial charge >= 0.3 is 5.97 Å². The first-order valence-corrected chi connectivity index (χ1v) is 5.40. The molecule has 0 amide bonds. The second kappa shape index (κ2) is 6.03. The summed E-state index contributed by atoms with van der Waals surface area (Å²) in [6.07, 6.45) is 1.65. The standard InChI is InChI=1S/C11H17N3O3/c1-8(2)14(7-5-10(15)16)11-12-6-4-9(13-11)17-3/h4,6,8H,5,7H2,1-3H3,(H,15,16). The van der Waals surface area contributed by atoms with Gasteiger partial charge in [0.1, 0.15) is 0 Å². The number of ether oxygens (including phenoxy) is 1. The minimum atomic E-state index is -0.835. The molecule has 1 rings (SSSR count). The maximum absolute atomic E-state index is 10.6. The summed E-state index contributed by atoms with van der Waals surface area (Å²) in [5, 5.41) is 8.70. The number of carboxylic acids is 1. The van der Waals surface area contributed by atoms with Crippen molar-refractivity contribution < 1.29 is 14.6 Å². The second-order valence-corrected chi connectivity index (χ2v) is 3.83. The number of carboxylic acid groups (broad SMARTS) is 1. The van der Waals surface area contributed by atoms with Gasteiger partial charge < -0.3 is 14.7 Å². The average Bonchev–Trinajstić information content (AvgIpc) is 2.28. The van der Waals surface area contributed by atoms with E-state index in [2.05, 4.69) is 9.97 Å². The molecule has 0 aliphatic carbocycles. The summed E-state index contributed by atoms with van der Waals surface area (Å²) in [6, 6.07) is 1.78. The number of anilines is 1. The molecule has 0 fully saturated rings. The van der Waals surface area contributed by atoms with Gasteiger partial charge in [-0.3, -0.25) is 4.79 Å². The molecule has 0 aliphatic rings. The highest BCUT2D eigenvalue weighted by Gasteiger charge is 2.15. The van der Waals surface area contributed by atoms with Gasteiger partial charge in [-0.25, -0.2) is 4.98 Å². The van der Waals surface area contributed by atoms with Crippen molar-refractivity contribution in [2.45, 2.75) is 26.3 Å². The Bertz CT molecular complexity index is 382. The lowest BCUT2D eigenvalue weighted by Gasteiger charge is -2.26. The number of aliphatic carboxylic acids is 1. The Kier molecular flexibility index (Phi) is 4.68. The van der Waals surface area contributed by atoms with Crippen molar-refractivity contribution in [1.29, 1.82) is 0 Å². The summed E-state index contributed by atoms with van der Waals surface area (Å²) in [5.74, 6) is 0.120. The molecule has 6 nitrogen and oxygen atoms in total. The first-order chi connectivity index (χ1) is 8.04. The zero-order chi connectivity index (χ0) is 12.8. The van der Waals surface area contributed by atoms with E-state index < -0.39 is 5.97 Å². The van der Waals surface area contributed by atoms with E-state index in [1.165, 1.54) is 7.11 Å². The molecular weight excluding hydrogens is 222 g/mol. The SMILES string of the molecule is COc1ccnc(N(CCC(=O)O)C(C)C)n1. The number of hydrogen-bond donors (Lipinski definition) is 1. The Morgan fingerprint density at radius 1 is 1.59 bits per heavy atom. The smallest absolute Gasteiger partial charge is 0.305 e. The van der Waals surface area contributed by atoms with Crippen molar-refractivity contribution in [1.82, 2.24) is 9.97 Å². The van der Waals surface area contributed by atoms with Crippen molar-refractivity contribution in [3.63, 3.8) is 0 Å². The van der Waals surface area contributed by atoms with Crippen LogP contribution in [0.5, 0.6) is 5.88 Å². The molecular formula is C11H17N3O3. The van der Waals surface area contributed by atoms with Gasteiger partial charge in [-0.05, 0) is 13.8 Å². The minimum absolute atomic E-state index is 0.0543. The maximum Gasteiger partial charge on any atom is 0.305 e. The molecule has 1 aromatic heterocycles. The third kappa shape index (κ3) is 3.90. The quantitative estimate of drug-likeness (QED) is 0.803. The second-order valence-electron chi connectivity index (χ2n) is 3.83. The largest absolute Gasteiger partial charge is 0.481 e. The van der Waals surface area contributed by atoms with Crippen LogP contribution in [0.3, 0.4) is 0 Å². The van der Waals surface area contributed by atoms with E-state index >= 15 is 0 Å². The van der Waals surface area contributed by atoms with Gasteiger partial charge in [0, 0.05) is 24.8 Å². The summed E-state index contributed by atoms with van der Waals surface area (Å²) in [6.45, 7) is 4.30. The van der Waals surface area contributed by atoms with Gasteiger partial charge in [0.25, 0.3) is 0 Å². The molecule has 0 radical (unpaired) electrons. The molecule has 0 bridgehead atoms. The molecule has 0 aromatic carbocycles.